The van der Waals surface area contributed by atoms with E-state index in [0.717, 1.165) is 18.2 Å². The van der Waals surface area contributed by atoms with Gasteiger partial charge < -0.3 is 5.32 Å². The zero-order valence-electron chi connectivity index (χ0n) is 12.4. The van der Waals surface area contributed by atoms with E-state index < -0.39 is 0 Å². The second-order valence-electron chi connectivity index (χ2n) is 5.81. The molecule has 1 saturated carbocycles. The Balaban J connectivity index is 1.74. The van der Waals surface area contributed by atoms with Gasteiger partial charge in [-0.05, 0) is 56.4 Å². The molecule has 1 aliphatic rings. The van der Waals surface area contributed by atoms with Gasteiger partial charge in [0.05, 0.1) is 0 Å². The molecular formula is C17H21N3. The maximum Gasteiger partial charge on any atom is 0.133 e. The Kier molecular flexibility index (Phi) is 3.43. The molecule has 1 N–H and O–H groups in total. The molecule has 0 bridgehead atoms. The van der Waals surface area contributed by atoms with E-state index in [1.54, 1.807) is 0 Å². The van der Waals surface area contributed by atoms with Crippen LogP contribution in [0.5, 0.6) is 0 Å². The number of hydrogen-bond acceptors (Lipinski definition) is 3. The van der Waals surface area contributed by atoms with E-state index in [1.165, 1.54) is 35.1 Å². The largest absolute Gasteiger partial charge is 0.366 e. The number of anilines is 1. The van der Waals surface area contributed by atoms with Crippen molar-refractivity contribution in [3.8, 4) is 0 Å². The van der Waals surface area contributed by atoms with Crippen molar-refractivity contribution in [1.29, 1.82) is 0 Å². The monoisotopic (exact) mass is 267 g/mol. The SMILES string of the molecule is Cc1cc(C)c(CNc2ccnc(C3CC3)n2)c(C)c1. The summed E-state index contributed by atoms with van der Waals surface area (Å²) in [6, 6.07) is 6.42. The molecule has 1 fully saturated rings. The first-order chi connectivity index (χ1) is 9.63. The van der Waals surface area contributed by atoms with Crippen LogP contribution in [0.4, 0.5) is 5.82 Å². The normalized spacial score (nSPS) is 14.3. The van der Waals surface area contributed by atoms with E-state index in [4.69, 9.17) is 0 Å². The highest BCUT2D eigenvalue weighted by atomic mass is 15.0. The predicted octanol–water partition coefficient (Wildman–Crippen LogP) is 3.89. The molecule has 1 aromatic carbocycles. The molecule has 0 radical (unpaired) electrons. The van der Waals surface area contributed by atoms with Crippen molar-refractivity contribution < 1.29 is 0 Å². The molecule has 0 saturated heterocycles. The molecule has 0 unspecified atom stereocenters. The first kappa shape index (κ1) is 13.1. The highest BCUT2D eigenvalue weighted by Gasteiger charge is 2.26. The molecule has 0 atom stereocenters. The zero-order valence-corrected chi connectivity index (χ0v) is 12.4. The maximum absolute atomic E-state index is 4.60. The minimum atomic E-state index is 0.597. The van der Waals surface area contributed by atoms with Crippen LogP contribution in [0.25, 0.3) is 0 Å². The molecule has 2 aromatic rings. The lowest BCUT2D eigenvalue weighted by atomic mass is 10.00. The van der Waals surface area contributed by atoms with Crippen LogP contribution < -0.4 is 5.32 Å². The lowest BCUT2D eigenvalue weighted by molar-refractivity contribution is 0.919. The quantitative estimate of drug-likeness (QED) is 0.913. The molecule has 3 heteroatoms. The number of rotatable bonds is 4. The average Bonchev–Trinajstić information content (AvgIpc) is 3.22. The van der Waals surface area contributed by atoms with Crippen molar-refractivity contribution in [3.05, 3.63) is 52.5 Å². The minimum Gasteiger partial charge on any atom is -0.366 e. The van der Waals surface area contributed by atoms with Crippen molar-refractivity contribution in [2.75, 3.05) is 5.32 Å². The average molecular weight is 267 g/mol. The van der Waals surface area contributed by atoms with Crippen molar-refractivity contribution >= 4 is 5.82 Å². The number of benzene rings is 1. The zero-order chi connectivity index (χ0) is 14.1. The van der Waals surface area contributed by atoms with E-state index in [0.29, 0.717) is 5.92 Å². The third-order valence-electron chi connectivity index (χ3n) is 3.90. The van der Waals surface area contributed by atoms with Gasteiger partial charge in [-0.15, -0.1) is 0 Å². The van der Waals surface area contributed by atoms with Gasteiger partial charge in [0.15, 0.2) is 0 Å². The number of nitrogens with one attached hydrogen (secondary N) is 1. The van der Waals surface area contributed by atoms with Gasteiger partial charge in [-0.2, -0.15) is 0 Å². The molecule has 1 aromatic heterocycles. The second kappa shape index (κ2) is 5.23. The molecule has 104 valence electrons. The fraction of sp³-hybridized carbons (Fsp3) is 0.412. The van der Waals surface area contributed by atoms with Crippen molar-refractivity contribution in [3.63, 3.8) is 0 Å². The van der Waals surface area contributed by atoms with E-state index in [1.807, 2.05) is 12.3 Å². The van der Waals surface area contributed by atoms with E-state index >= 15 is 0 Å². The number of aryl methyl sites for hydroxylation is 3. The highest BCUT2D eigenvalue weighted by Crippen LogP contribution is 2.38. The van der Waals surface area contributed by atoms with Gasteiger partial charge >= 0.3 is 0 Å². The van der Waals surface area contributed by atoms with Crippen LogP contribution in [-0.4, -0.2) is 9.97 Å². The van der Waals surface area contributed by atoms with Crippen LogP contribution in [-0.2, 0) is 6.54 Å². The van der Waals surface area contributed by atoms with Gasteiger partial charge in [-0.1, -0.05) is 17.7 Å². The van der Waals surface area contributed by atoms with Crippen LogP contribution >= 0.6 is 0 Å². The topological polar surface area (TPSA) is 37.8 Å². The summed E-state index contributed by atoms with van der Waals surface area (Å²) in [6.07, 6.45) is 4.33. The third-order valence-corrected chi connectivity index (χ3v) is 3.90. The van der Waals surface area contributed by atoms with Crippen LogP contribution in [0.2, 0.25) is 0 Å². The Morgan fingerprint density at radius 2 is 1.85 bits per heavy atom. The first-order valence-electron chi connectivity index (χ1n) is 7.27. The minimum absolute atomic E-state index is 0.597. The van der Waals surface area contributed by atoms with E-state index in [9.17, 15) is 0 Å². The van der Waals surface area contributed by atoms with Gasteiger partial charge in [0, 0.05) is 18.7 Å². The molecule has 0 aliphatic heterocycles. The van der Waals surface area contributed by atoms with E-state index in [2.05, 4.69) is 48.2 Å². The van der Waals surface area contributed by atoms with E-state index in [-0.39, 0.29) is 0 Å². The third kappa shape index (κ3) is 2.82. The Hall–Kier alpha value is -1.90. The lowest BCUT2D eigenvalue weighted by Gasteiger charge is -2.13. The highest BCUT2D eigenvalue weighted by molar-refractivity contribution is 5.41. The van der Waals surface area contributed by atoms with Crippen LogP contribution in [0.15, 0.2) is 24.4 Å². The summed E-state index contributed by atoms with van der Waals surface area (Å²) in [5.74, 6) is 2.52. The van der Waals surface area contributed by atoms with Crippen LogP contribution in [0, 0.1) is 20.8 Å². The summed E-state index contributed by atoms with van der Waals surface area (Å²) < 4.78 is 0. The summed E-state index contributed by atoms with van der Waals surface area (Å²) in [7, 11) is 0. The maximum atomic E-state index is 4.60. The summed E-state index contributed by atoms with van der Waals surface area (Å²) in [5.41, 5.74) is 5.36. The smallest absolute Gasteiger partial charge is 0.133 e. The van der Waals surface area contributed by atoms with Crippen LogP contribution in [0.3, 0.4) is 0 Å². The number of nitrogens with zero attached hydrogens (tertiary/aromatic N) is 2. The first-order valence-corrected chi connectivity index (χ1v) is 7.27. The van der Waals surface area contributed by atoms with Gasteiger partial charge in [-0.3, -0.25) is 0 Å². The van der Waals surface area contributed by atoms with Crippen molar-refractivity contribution in [1.82, 2.24) is 9.97 Å². The van der Waals surface area contributed by atoms with Gasteiger partial charge in [0.2, 0.25) is 0 Å². The lowest BCUT2D eigenvalue weighted by Crippen LogP contribution is -2.06. The van der Waals surface area contributed by atoms with Gasteiger partial charge in [0.1, 0.15) is 11.6 Å². The standard InChI is InChI=1S/C17H21N3/c1-11-8-12(2)15(13(3)9-11)10-19-16-6-7-18-17(20-16)14-4-5-14/h6-9,14H,4-5,10H2,1-3H3,(H,18,19,20). The molecular weight excluding hydrogens is 246 g/mol. The summed E-state index contributed by atoms with van der Waals surface area (Å²) >= 11 is 0. The molecule has 20 heavy (non-hydrogen) atoms. The number of aromatic nitrogens is 2. The fourth-order valence-electron chi connectivity index (χ4n) is 2.68. The summed E-state index contributed by atoms with van der Waals surface area (Å²) in [6.45, 7) is 7.31. The van der Waals surface area contributed by atoms with Gasteiger partial charge in [-0.25, -0.2) is 9.97 Å². The molecule has 1 aliphatic carbocycles. The Morgan fingerprint density at radius 1 is 1.15 bits per heavy atom. The van der Waals surface area contributed by atoms with Gasteiger partial charge in [0.25, 0.3) is 0 Å². The second-order valence-corrected chi connectivity index (χ2v) is 5.81. The molecule has 1 heterocycles. The Morgan fingerprint density at radius 3 is 2.50 bits per heavy atom. The van der Waals surface area contributed by atoms with Crippen LogP contribution in [0.1, 0.15) is 46.8 Å². The molecule has 0 spiro atoms. The van der Waals surface area contributed by atoms with Crippen molar-refractivity contribution in [2.24, 2.45) is 0 Å². The Bertz CT molecular complexity index is 607. The number of hydrogen-bond donors (Lipinski definition) is 1. The molecule has 0 amide bonds. The fourth-order valence-corrected chi connectivity index (χ4v) is 2.68. The molecule has 3 rings (SSSR count). The molecule has 3 nitrogen and oxygen atoms in total. The summed E-state index contributed by atoms with van der Waals surface area (Å²) in [5, 5.41) is 3.43. The van der Waals surface area contributed by atoms with Crippen molar-refractivity contribution in [2.45, 2.75) is 46.1 Å². The summed E-state index contributed by atoms with van der Waals surface area (Å²) in [4.78, 5) is 8.96. The Labute approximate surface area is 120 Å². The predicted molar refractivity (Wildman–Crippen MR) is 82.0 cm³/mol.